The monoisotopic (exact) mass is 529 g/mol. The van der Waals surface area contributed by atoms with Gasteiger partial charge < -0.3 is 28.8 Å². The van der Waals surface area contributed by atoms with Crippen LogP contribution >= 0.6 is 0 Å². The number of hydrogen-bond donors (Lipinski definition) is 1. The molecule has 39 heavy (non-hydrogen) atoms. The van der Waals surface area contributed by atoms with Gasteiger partial charge in [0, 0.05) is 37.2 Å². The highest BCUT2D eigenvalue weighted by molar-refractivity contribution is 6.20. The fourth-order valence-corrected chi connectivity index (χ4v) is 5.33. The van der Waals surface area contributed by atoms with Crippen molar-refractivity contribution >= 4 is 11.5 Å². The molecule has 8 heteroatoms. The largest absolute Gasteiger partial charge is 0.492 e. The van der Waals surface area contributed by atoms with Crippen molar-refractivity contribution in [3.63, 3.8) is 0 Å². The summed E-state index contributed by atoms with van der Waals surface area (Å²) in [7, 11) is 0. The molecule has 0 aromatic heterocycles. The molecule has 0 saturated carbocycles. The molecule has 202 valence electrons. The molecule has 1 fully saturated rings. The van der Waals surface area contributed by atoms with Gasteiger partial charge in [-0.3, -0.25) is 4.90 Å². The van der Waals surface area contributed by atoms with Crippen molar-refractivity contribution in [3.05, 3.63) is 94.6 Å². The first kappa shape index (κ1) is 25.4. The number of benzene rings is 3. The van der Waals surface area contributed by atoms with Gasteiger partial charge in [-0.1, -0.05) is 42.5 Å². The summed E-state index contributed by atoms with van der Waals surface area (Å²) in [5.74, 6) is -0.609. The Balaban J connectivity index is 1.33. The van der Waals surface area contributed by atoms with Gasteiger partial charge in [-0.05, 0) is 47.9 Å². The second-order valence-corrected chi connectivity index (χ2v) is 9.90. The predicted molar refractivity (Wildman–Crippen MR) is 144 cm³/mol. The zero-order valence-electron chi connectivity index (χ0n) is 21.9. The number of hydrogen-bond acceptors (Lipinski definition) is 8. The van der Waals surface area contributed by atoms with E-state index in [2.05, 4.69) is 4.90 Å². The Kier molecular flexibility index (Phi) is 6.99. The number of esters is 1. The summed E-state index contributed by atoms with van der Waals surface area (Å²) in [6, 6.07) is 20.5. The topological polar surface area (TPSA) is 86.7 Å². The number of fused-ring (bicyclic) bond motifs is 1. The first-order chi connectivity index (χ1) is 19.0. The molecule has 6 rings (SSSR count). The van der Waals surface area contributed by atoms with Crippen molar-refractivity contribution in [1.82, 2.24) is 4.90 Å². The van der Waals surface area contributed by atoms with Crippen LogP contribution in [0, 0.1) is 6.92 Å². The number of cyclic esters (lactones) is 1. The van der Waals surface area contributed by atoms with E-state index in [1.54, 1.807) is 24.3 Å². The van der Waals surface area contributed by atoms with Crippen LogP contribution in [0.5, 0.6) is 17.2 Å². The number of aliphatic hydroxyl groups is 1. The molecule has 3 aliphatic rings. The summed E-state index contributed by atoms with van der Waals surface area (Å²) in [4.78, 5) is 15.7. The third-order valence-electron chi connectivity index (χ3n) is 7.39. The van der Waals surface area contributed by atoms with Crippen LogP contribution in [0.1, 0.15) is 22.3 Å². The lowest BCUT2D eigenvalue weighted by atomic mass is 9.86. The van der Waals surface area contributed by atoms with Gasteiger partial charge in [0.1, 0.15) is 12.4 Å². The molecule has 0 amide bonds. The van der Waals surface area contributed by atoms with Gasteiger partial charge in [0.2, 0.25) is 6.79 Å². The number of aryl methyl sites for hydroxylation is 1. The van der Waals surface area contributed by atoms with E-state index in [9.17, 15) is 9.90 Å². The molecule has 1 saturated heterocycles. The normalized spacial score (nSPS) is 20.8. The predicted octanol–water partition coefficient (Wildman–Crippen LogP) is 3.83. The third-order valence-corrected chi connectivity index (χ3v) is 7.39. The van der Waals surface area contributed by atoms with Crippen LogP contribution < -0.4 is 14.2 Å². The van der Waals surface area contributed by atoms with Crippen molar-refractivity contribution in [2.75, 3.05) is 46.2 Å². The maximum absolute atomic E-state index is 13.4. The van der Waals surface area contributed by atoms with Crippen molar-refractivity contribution in [2.45, 2.75) is 19.1 Å². The van der Waals surface area contributed by atoms with Crippen molar-refractivity contribution in [2.24, 2.45) is 0 Å². The maximum atomic E-state index is 13.4. The van der Waals surface area contributed by atoms with E-state index in [-0.39, 0.29) is 13.2 Å². The van der Waals surface area contributed by atoms with Gasteiger partial charge in [-0.15, -0.1) is 0 Å². The van der Waals surface area contributed by atoms with E-state index in [4.69, 9.17) is 23.7 Å². The van der Waals surface area contributed by atoms with E-state index >= 15 is 0 Å². The average Bonchev–Trinajstić information content (AvgIpc) is 3.51. The van der Waals surface area contributed by atoms with Crippen molar-refractivity contribution in [1.29, 1.82) is 0 Å². The standard InChI is InChI=1S/C31H31NO7/c1-21-5-2-3-8-25(21)31(34)26(29(30(33)39-31)23-9-10-27-28(19-23)38-20-37-27)18-22-6-4-7-24(17-22)36-16-13-32-11-14-35-15-12-32/h2-10,17,19,34H,11-16,18,20H2,1H3. The molecule has 3 aromatic carbocycles. The van der Waals surface area contributed by atoms with Gasteiger partial charge >= 0.3 is 5.97 Å². The number of morpholine rings is 1. The van der Waals surface area contributed by atoms with Crippen LogP contribution in [-0.2, 0) is 26.5 Å². The van der Waals surface area contributed by atoms with Gasteiger partial charge in [0.15, 0.2) is 11.5 Å². The second kappa shape index (κ2) is 10.7. The quantitative estimate of drug-likeness (QED) is 0.441. The van der Waals surface area contributed by atoms with Crippen LogP contribution in [0.2, 0.25) is 0 Å². The molecule has 0 aliphatic carbocycles. The van der Waals surface area contributed by atoms with E-state index in [1.807, 2.05) is 49.4 Å². The zero-order valence-corrected chi connectivity index (χ0v) is 21.9. The Hall–Kier alpha value is -3.85. The lowest BCUT2D eigenvalue weighted by molar-refractivity contribution is -0.185. The molecule has 1 atom stereocenters. The fourth-order valence-electron chi connectivity index (χ4n) is 5.33. The molecule has 8 nitrogen and oxygen atoms in total. The number of carbonyl (C=O) groups is 1. The highest BCUT2D eigenvalue weighted by Gasteiger charge is 2.48. The van der Waals surface area contributed by atoms with Gasteiger partial charge in [-0.25, -0.2) is 4.79 Å². The van der Waals surface area contributed by atoms with Crippen LogP contribution in [0.15, 0.2) is 72.3 Å². The highest BCUT2D eigenvalue weighted by Crippen LogP contribution is 2.47. The second-order valence-electron chi connectivity index (χ2n) is 9.90. The molecular weight excluding hydrogens is 498 g/mol. The smallest absolute Gasteiger partial charge is 0.342 e. The number of rotatable bonds is 8. The summed E-state index contributed by atoms with van der Waals surface area (Å²) in [5.41, 5.74) is 3.61. The van der Waals surface area contributed by atoms with Crippen LogP contribution in [-0.4, -0.2) is 62.2 Å². The summed E-state index contributed by atoms with van der Waals surface area (Å²) in [5, 5.41) is 12.0. The van der Waals surface area contributed by atoms with Crippen LogP contribution in [0.3, 0.4) is 0 Å². The molecule has 3 aliphatic heterocycles. The van der Waals surface area contributed by atoms with Crippen LogP contribution in [0.25, 0.3) is 5.57 Å². The highest BCUT2D eigenvalue weighted by atomic mass is 16.7. The minimum absolute atomic E-state index is 0.126. The lowest BCUT2D eigenvalue weighted by Crippen LogP contribution is -2.38. The molecule has 1 N–H and O–H groups in total. The number of carbonyl (C=O) groups excluding carboxylic acids is 1. The Labute approximate surface area is 227 Å². The first-order valence-corrected chi connectivity index (χ1v) is 13.2. The van der Waals surface area contributed by atoms with E-state index in [0.29, 0.717) is 40.4 Å². The summed E-state index contributed by atoms with van der Waals surface area (Å²) in [6.45, 7) is 6.71. The third kappa shape index (κ3) is 5.11. The van der Waals surface area contributed by atoms with Crippen LogP contribution in [0.4, 0.5) is 0 Å². The summed E-state index contributed by atoms with van der Waals surface area (Å²) < 4.78 is 28.3. The molecule has 1 unspecified atom stereocenters. The number of ether oxygens (including phenoxy) is 5. The Bertz CT molecular complexity index is 1410. The fraction of sp³-hybridized carbons (Fsp3) is 0.323. The average molecular weight is 530 g/mol. The lowest BCUT2D eigenvalue weighted by Gasteiger charge is -2.27. The van der Waals surface area contributed by atoms with E-state index in [1.165, 1.54) is 0 Å². The SMILES string of the molecule is Cc1ccccc1C1(O)OC(=O)C(c2ccc3c(c2)OCO3)=C1Cc1cccc(OCCN2CCOCC2)c1. The summed E-state index contributed by atoms with van der Waals surface area (Å²) >= 11 is 0. The molecular formula is C31H31NO7. The molecule has 0 bridgehead atoms. The molecule has 3 aromatic rings. The molecule has 3 heterocycles. The van der Waals surface area contributed by atoms with Gasteiger partial charge in [-0.2, -0.15) is 0 Å². The minimum Gasteiger partial charge on any atom is -0.492 e. The molecule has 0 radical (unpaired) electrons. The zero-order chi connectivity index (χ0) is 26.8. The van der Waals surface area contributed by atoms with Gasteiger partial charge in [0.05, 0.1) is 18.8 Å². The van der Waals surface area contributed by atoms with E-state index < -0.39 is 11.8 Å². The van der Waals surface area contributed by atoms with E-state index in [0.717, 1.165) is 49.7 Å². The van der Waals surface area contributed by atoms with Gasteiger partial charge in [0.25, 0.3) is 5.79 Å². The summed E-state index contributed by atoms with van der Waals surface area (Å²) in [6.07, 6.45) is 0.279. The first-order valence-electron chi connectivity index (χ1n) is 13.2. The molecule has 0 spiro atoms. The van der Waals surface area contributed by atoms with Crippen molar-refractivity contribution < 1.29 is 33.6 Å². The number of nitrogens with zero attached hydrogens (tertiary/aromatic N) is 1. The Morgan fingerprint density at radius 3 is 2.64 bits per heavy atom. The maximum Gasteiger partial charge on any atom is 0.342 e. The van der Waals surface area contributed by atoms with Crippen molar-refractivity contribution in [3.8, 4) is 17.2 Å². The Morgan fingerprint density at radius 1 is 0.974 bits per heavy atom. The Morgan fingerprint density at radius 2 is 1.79 bits per heavy atom. The minimum atomic E-state index is -1.92.